The topological polar surface area (TPSA) is 36.7 Å². The molecule has 1 aromatic carbocycles. The molecular weight excluding hydrogens is 204 g/mol. The molecule has 0 aliphatic carbocycles. The van der Waals surface area contributed by atoms with E-state index in [1.54, 1.807) is 5.38 Å². The Labute approximate surface area is 93.0 Å². The van der Waals surface area contributed by atoms with Crippen molar-refractivity contribution in [2.24, 2.45) is 0 Å². The van der Waals surface area contributed by atoms with E-state index in [9.17, 15) is 0 Å². The highest BCUT2D eigenvalue weighted by Crippen LogP contribution is 2.26. The summed E-state index contributed by atoms with van der Waals surface area (Å²) in [6, 6.07) is 12.3. The van der Waals surface area contributed by atoms with Crippen LogP contribution < -0.4 is 0 Å². The van der Waals surface area contributed by atoms with Gasteiger partial charge in [-0.15, -0.1) is 0 Å². The standard InChI is InChI=1S/C12H10N2S/c1-9(10-5-3-2-4-6-10)12-11(7-13)8-15-14-12/h2-6,8-9H,1H3. The molecule has 0 fully saturated rings. The van der Waals surface area contributed by atoms with Crippen molar-refractivity contribution in [3.63, 3.8) is 0 Å². The van der Waals surface area contributed by atoms with Crippen molar-refractivity contribution in [3.8, 4) is 6.07 Å². The van der Waals surface area contributed by atoms with Crippen LogP contribution in [-0.4, -0.2) is 4.37 Å². The number of rotatable bonds is 2. The van der Waals surface area contributed by atoms with Crippen LogP contribution in [0.25, 0.3) is 0 Å². The van der Waals surface area contributed by atoms with E-state index in [2.05, 4.69) is 29.5 Å². The zero-order chi connectivity index (χ0) is 10.7. The highest BCUT2D eigenvalue weighted by atomic mass is 32.1. The Hall–Kier alpha value is -1.66. The van der Waals surface area contributed by atoms with E-state index in [0.29, 0.717) is 5.56 Å². The van der Waals surface area contributed by atoms with E-state index >= 15 is 0 Å². The normalized spacial score (nSPS) is 12.0. The Morgan fingerprint density at radius 3 is 2.73 bits per heavy atom. The molecule has 0 bridgehead atoms. The van der Waals surface area contributed by atoms with E-state index in [4.69, 9.17) is 5.26 Å². The van der Waals surface area contributed by atoms with Gasteiger partial charge in [0, 0.05) is 11.3 Å². The molecule has 1 aromatic heterocycles. The molecular formula is C12H10N2S. The second-order valence-corrected chi connectivity index (χ2v) is 3.99. The highest BCUT2D eigenvalue weighted by molar-refractivity contribution is 7.03. The first kappa shape index (κ1) is 9.88. The van der Waals surface area contributed by atoms with E-state index in [1.807, 2.05) is 18.2 Å². The number of nitriles is 1. The molecule has 0 saturated heterocycles. The van der Waals surface area contributed by atoms with Crippen LogP contribution >= 0.6 is 11.5 Å². The van der Waals surface area contributed by atoms with E-state index in [0.717, 1.165) is 5.69 Å². The molecule has 0 spiro atoms. The van der Waals surface area contributed by atoms with Gasteiger partial charge in [-0.1, -0.05) is 37.3 Å². The summed E-state index contributed by atoms with van der Waals surface area (Å²) in [4.78, 5) is 0. The molecule has 1 unspecified atom stereocenters. The van der Waals surface area contributed by atoms with Crippen LogP contribution in [0, 0.1) is 11.3 Å². The van der Waals surface area contributed by atoms with Crippen molar-refractivity contribution >= 4 is 11.5 Å². The molecule has 0 aliphatic heterocycles. The average Bonchev–Trinajstić information content (AvgIpc) is 2.77. The Bertz CT molecular complexity index is 482. The summed E-state index contributed by atoms with van der Waals surface area (Å²) in [6.45, 7) is 2.07. The minimum atomic E-state index is 0.187. The molecule has 2 rings (SSSR count). The molecule has 0 amide bonds. The quantitative estimate of drug-likeness (QED) is 0.770. The molecule has 2 nitrogen and oxygen atoms in total. The van der Waals surface area contributed by atoms with Gasteiger partial charge in [0.25, 0.3) is 0 Å². The molecule has 0 radical (unpaired) electrons. The van der Waals surface area contributed by atoms with E-state index in [-0.39, 0.29) is 5.92 Å². The summed E-state index contributed by atoms with van der Waals surface area (Å²) >= 11 is 1.34. The van der Waals surface area contributed by atoms with Crippen LogP contribution in [0.3, 0.4) is 0 Å². The zero-order valence-corrected chi connectivity index (χ0v) is 9.16. The van der Waals surface area contributed by atoms with Crippen molar-refractivity contribution in [3.05, 3.63) is 52.5 Å². The average molecular weight is 214 g/mol. The number of aromatic nitrogens is 1. The largest absolute Gasteiger partial charge is 0.196 e. The molecule has 1 heterocycles. The Morgan fingerprint density at radius 2 is 2.07 bits per heavy atom. The van der Waals surface area contributed by atoms with Gasteiger partial charge in [-0.3, -0.25) is 0 Å². The van der Waals surface area contributed by atoms with Crippen LogP contribution in [0.15, 0.2) is 35.7 Å². The minimum Gasteiger partial charge on any atom is -0.196 e. The molecule has 74 valence electrons. The van der Waals surface area contributed by atoms with Gasteiger partial charge in [-0.25, -0.2) is 0 Å². The van der Waals surface area contributed by atoms with Crippen LogP contribution in [0.4, 0.5) is 0 Å². The lowest BCUT2D eigenvalue weighted by Gasteiger charge is -2.08. The summed E-state index contributed by atoms with van der Waals surface area (Å²) in [5, 5.41) is 10.7. The summed E-state index contributed by atoms with van der Waals surface area (Å²) in [7, 11) is 0. The summed E-state index contributed by atoms with van der Waals surface area (Å²) < 4.78 is 4.28. The number of benzene rings is 1. The van der Waals surface area contributed by atoms with Gasteiger partial charge in [0.2, 0.25) is 0 Å². The van der Waals surface area contributed by atoms with E-state index in [1.165, 1.54) is 17.1 Å². The molecule has 0 N–H and O–H groups in total. The SMILES string of the molecule is CC(c1ccccc1)c1nscc1C#N. The van der Waals surface area contributed by atoms with Gasteiger partial charge in [0.05, 0.1) is 11.3 Å². The predicted octanol–water partition coefficient (Wildman–Crippen LogP) is 3.17. The molecule has 1 atom stereocenters. The van der Waals surface area contributed by atoms with Gasteiger partial charge in [-0.2, -0.15) is 9.64 Å². The van der Waals surface area contributed by atoms with Gasteiger partial charge in [0.15, 0.2) is 0 Å². The van der Waals surface area contributed by atoms with Crippen molar-refractivity contribution in [2.75, 3.05) is 0 Å². The molecule has 3 heteroatoms. The maximum absolute atomic E-state index is 8.92. The lowest BCUT2D eigenvalue weighted by Crippen LogP contribution is -1.97. The Balaban J connectivity index is 2.38. The fourth-order valence-corrected chi connectivity index (χ4v) is 2.24. The molecule has 0 aliphatic rings. The minimum absolute atomic E-state index is 0.187. The van der Waals surface area contributed by atoms with Gasteiger partial charge >= 0.3 is 0 Å². The van der Waals surface area contributed by atoms with Gasteiger partial charge < -0.3 is 0 Å². The first-order valence-electron chi connectivity index (χ1n) is 4.72. The third-order valence-electron chi connectivity index (χ3n) is 2.43. The molecule has 2 aromatic rings. The van der Waals surface area contributed by atoms with Crippen LogP contribution in [0.1, 0.15) is 29.7 Å². The second-order valence-electron chi connectivity index (χ2n) is 3.36. The fraction of sp³-hybridized carbons (Fsp3) is 0.167. The molecule has 15 heavy (non-hydrogen) atoms. The predicted molar refractivity (Wildman–Crippen MR) is 60.8 cm³/mol. The molecule has 0 saturated carbocycles. The number of hydrogen-bond donors (Lipinski definition) is 0. The fourth-order valence-electron chi connectivity index (χ4n) is 1.54. The number of hydrogen-bond acceptors (Lipinski definition) is 3. The van der Waals surface area contributed by atoms with E-state index < -0.39 is 0 Å². The second kappa shape index (κ2) is 4.24. The summed E-state index contributed by atoms with van der Waals surface area (Å²) in [6.07, 6.45) is 0. The first-order valence-corrected chi connectivity index (χ1v) is 5.56. The van der Waals surface area contributed by atoms with Crippen molar-refractivity contribution in [1.29, 1.82) is 5.26 Å². The van der Waals surface area contributed by atoms with Gasteiger partial charge in [0.1, 0.15) is 6.07 Å². The van der Waals surface area contributed by atoms with Crippen LogP contribution in [-0.2, 0) is 0 Å². The maximum atomic E-state index is 8.92. The van der Waals surface area contributed by atoms with Crippen molar-refractivity contribution < 1.29 is 0 Å². The van der Waals surface area contributed by atoms with Crippen molar-refractivity contribution in [2.45, 2.75) is 12.8 Å². The van der Waals surface area contributed by atoms with Gasteiger partial charge in [-0.05, 0) is 17.1 Å². The lowest BCUT2D eigenvalue weighted by molar-refractivity contribution is 0.889. The maximum Gasteiger partial charge on any atom is 0.102 e. The third kappa shape index (κ3) is 1.90. The van der Waals surface area contributed by atoms with Crippen LogP contribution in [0.2, 0.25) is 0 Å². The summed E-state index contributed by atoms with van der Waals surface area (Å²) in [5.74, 6) is 0.187. The smallest absolute Gasteiger partial charge is 0.102 e. The Kier molecular flexibility index (Phi) is 2.79. The monoisotopic (exact) mass is 214 g/mol. The lowest BCUT2D eigenvalue weighted by atomic mass is 9.96. The Morgan fingerprint density at radius 1 is 1.33 bits per heavy atom. The zero-order valence-electron chi connectivity index (χ0n) is 8.34. The van der Waals surface area contributed by atoms with Crippen molar-refractivity contribution in [1.82, 2.24) is 4.37 Å². The third-order valence-corrected chi connectivity index (χ3v) is 3.07. The summed E-state index contributed by atoms with van der Waals surface area (Å²) in [5.41, 5.74) is 2.77. The van der Waals surface area contributed by atoms with Crippen LogP contribution in [0.5, 0.6) is 0 Å². The number of nitrogens with zero attached hydrogens (tertiary/aromatic N) is 2. The highest BCUT2D eigenvalue weighted by Gasteiger charge is 2.14. The first-order chi connectivity index (χ1) is 7.33.